The van der Waals surface area contributed by atoms with Crippen molar-refractivity contribution in [3.63, 3.8) is 0 Å². The molecular weight excluding hydrogens is 917 g/mol. The summed E-state index contributed by atoms with van der Waals surface area (Å²) in [5, 5.41) is 50.7. The summed E-state index contributed by atoms with van der Waals surface area (Å²) < 4.78 is 0. The van der Waals surface area contributed by atoms with E-state index in [1.54, 1.807) is 36.5 Å². The molecule has 3 heterocycles. The first kappa shape index (κ1) is 53.3. The minimum atomic E-state index is -1.32. The summed E-state index contributed by atoms with van der Waals surface area (Å²) in [6, 6.07) is 8.30. The number of H-pyrrole nitrogens is 1. The highest BCUT2D eigenvalue weighted by Gasteiger charge is 2.44. The van der Waals surface area contributed by atoms with E-state index in [1.165, 1.54) is 11.8 Å². The van der Waals surface area contributed by atoms with Gasteiger partial charge in [-0.05, 0) is 93.7 Å². The predicted molar refractivity (Wildman–Crippen MR) is 261 cm³/mol. The van der Waals surface area contributed by atoms with E-state index < -0.39 is 102 Å². The SMILES string of the molecule is CC(=O)N[C@@H]1C[C@H]2C(=O)N[C@H](C[C@H]3CC[C@@H](O)CC3)C(=O)N[C@@H](Cc3c[nH]c4ccccc34)C(=O)N[C@@H](CCCNC(=N)N)C(=O)NCCC[C@H](NC(=O)C(Cc3ccccc3)NCC(=O)O)C(=O)N2C1. The molecule has 6 rings (SSSR count). The second-order valence-electron chi connectivity index (χ2n) is 18.8. The maximum absolute atomic E-state index is 14.9. The number of aliphatic hydroxyl groups is 1. The third kappa shape index (κ3) is 15.7. The number of benzene rings is 2. The van der Waals surface area contributed by atoms with Gasteiger partial charge in [0, 0.05) is 56.1 Å². The van der Waals surface area contributed by atoms with Crippen LogP contribution in [-0.4, -0.2) is 148 Å². The third-order valence-corrected chi connectivity index (χ3v) is 13.3. The number of fused-ring (bicyclic) bond motifs is 2. The molecule has 0 bridgehead atoms. The van der Waals surface area contributed by atoms with Gasteiger partial charge < -0.3 is 63.0 Å². The summed E-state index contributed by atoms with van der Waals surface area (Å²) in [6.45, 7) is 0.785. The second-order valence-corrected chi connectivity index (χ2v) is 18.8. The number of nitrogens with zero attached hydrogens (tertiary/aromatic N) is 1. The van der Waals surface area contributed by atoms with Gasteiger partial charge in [0.1, 0.15) is 30.2 Å². The first-order valence-corrected chi connectivity index (χ1v) is 24.4. The fraction of sp³-hybridized carbons (Fsp3) is 0.531. The molecule has 384 valence electrons. The Morgan fingerprint density at radius 3 is 2.27 bits per heavy atom. The number of aromatic amines is 1. The molecule has 2 aliphatic heterocycles. The standard InChI is InChI=1S/C49H68N12O10/c1-28(62)56-32-24-41-47(70)60-39(22-30-15-17-33(63)18-16-30)45(68)59-40(23-31-25-54-35-12-6-5-11-34(31)35)46(69)57-36(13-7-20-53-49(50)51)43(66)52-19-8-14-37(48(71)61(41)27-32)58-44(67)38(55-26-42(64)65)21-29-9-3-2-4-10-29/h2-6,9-12,25,30,32-33,36-41,54-55,63H,7-8,13-24,26-27H2,1H3,(H,52,66)(H,56,62)(H,57,69)(H,58,67)(H,59,68)(H,60,70)(H,64,65)(H4,50,51,53)/t30-,32-,33+,36+,37+,38?,39-,40+,41+/m1/s1. The Kier molecular flexibility index (Phi) is 19.3. The van der Waals surface area contributed by atoms with Crippen LogP contribution in [0.2, 0.25) is 0 Å². The monoisotopic (exact) mass is 985 g/mol. The van der Waals surface area contributed by atoms with Gasteiger partial charge in [0.15, 0.2) is 5.96 Å². The Morgan fingerprint density at radius 1 is 0.859 bits per heavy atom. The lowest BCUT2D eigenvalue weighted by molar-refractivity contribution is -0.143. The van der Waals surface area contributed by atoms with Crippen molar-refractivity contribution in [3.8, 4) is 0 Å². The van der Waals surface area contributed by atoms with Crippen molar-refractivity contribution in [1.82, 2.24) is 52.4 Å². The molecule has 3 fully saturated rings. The van der Waals surface area contributed by atoms with E-state index in [2.05, 4.69) is 47.5 Å². The quantitative estimate of drug-likeness (QED) is 0.0474. The number of hydrogen-bond acceptors (Lipinski definition) is 11. The first-order valence-electron chi connectivity index (χ1n) is 24.4. The highest BCUT2D eigenvalue weighted by atomic mass is 16.4. The molecule has 0 spiro atoms. The van der Waals surface area contributed by atoms with Crippen molar-refractivity contribution in [1.29, 1.82) is 5.41 Å². The third-order valence-electron chi connectivity index (χ3n) is 13.3. The number of carboxylic acid groups (broad SMARTS) is 1. The minimum absolute atomic E-state index is 0.00739. The molecular formula is C49H68N12O10. The molecule has 14 N–H and O–H groups in total. The van der Waals surface area contributed by atoms with E-state index in [4.69, 9.17) is 11.1 Å². The maximum atomic E-state index is 14.9. The summed E-state index contributed by atoms with van der Waals surface area (Å²) in [5.74, 6) is -6.05. The molecule has 0 radical (unpaired) electrons. The van der Waals surface area contributed by atoms with Gasteiger partial charge in [0.2, 0.25) is 41.4 Å². The number of aromatic nitrogens is 1. The molecule has 7 amide bonds. The summed E-state index contributed by atoms with van der Waals surface area (Å²) in [7, 11) is 0. The summed E-state index contributed by atoms with van der Waals surface area (Å²) in [5.41, 5.74) is 7.71. The van der Waals surface area contributed by atoms with Gasteiger partial charge in [-0.2, -0.15) is 0 Å². The van der Waals surface area contributed by atoms with Crippen LogP contribution in [0.4, 0.5) is 0 Å². The molecule has 1 saturated carbocycles. The van der Waals surface area contributed by atoms with Crippen LogP contribution in [0.5, 0.6) is 0 Å². The van der Waals surface area contributed by atoms with Crippen LogP contribution in [0.3, 0.4) is 0 Å². The van der Waals surface area contributed by atoms with Crippen molar-refractivity contribution in [2.24, 2.45) is 11.7 Å². The molecule has 71 heavy (non-hydrogen) atoms. The lowest BCUT2D eigenvalue weighted by atomic mass is 9.83. The summed E-state index contributed by atoms with van der Waals surface area (Å²) in [4.78, 5) is 116. The molecule has 7 atom stereocenters. The van der Waals surface area contributed by atoms with Crippen molar-refractivity contribution < 1.29 is 48.6 Å². The van der Waals surface area contributed by atoms with Crippen LogP contribution in [0.25, 0.3) is 10.9 Å². The van der Waals surface area contributed by atoms with Crippen LogP contribution >= 0.6 is 0 Å². The number of nitrogens with two attached hydrogens (primary N) is 1. The van der Waals surface area contributed by atoms with Gasteiger partial charge in [0.05, 0.1) is 18.7 Å². The van der Waals surface area contributed by atoms with E-state index in [0.717, 1.165) is 10.9 Å². The van der Waals surface area contributed by atoms with Crippen LogP contribution in [0.15, 0.2) is 60.8 Å². The fourth-order valence-electron chi connectivity index (χ4n) is 9.69. The summed E-state index contributed by atoms with van der Waals surface area (Å²) in [6.07, 6.45) is 3.89. The lowest BCUT2D eigenvalue weighted by Gasteiger charge is -2.33. The highest BCUT2D eigenvalue weighted by Crippen LogP contribution is 2.29. The average Bonchev–Trinajstić information content (AvgIpc) is 3.95. The predicted octanol–water partition coefficient (Wildman–Crippen LogP) is -0.845. The number of amides is 7. The molecule has 22 heteroatoms. The topological polar surface area (TPSA) is 342 Å². The smallest absolute Gasteiger partial charge is 0.317 e. The average molecular weight is 985 g/mol. The number of para-hydroxylation sites is 1. The molecule has 2 aromatic carbocycles. The maximum Gasteiger partial charge on any atom is 0.317 e. The Bertz CT molecular complexity index is 2370. The number of rotatable bonds is 16. The van der Waals surface area contributed by atoms with Gasteiger partial charge in [-0.1, -0.05) is 48.5 Å². The van der Waals surface area contributed by atoms with Crippen LogP contribution in [-0.2, 0) is 51.2 Å². The number of aliphatic carboxylic acids is 1. The number of guanidine groups is 1. The molecule has 3 aliphatic rings. The number of nitrogens with one attached hydrogen (secondary N) is 10. The Labute approximate surface area is 411 Å². The normalized spacial score (nSPS) is 25.3. The molecule has 22 nitrogen and oxygen atoms in total. The van der Waals surface area contributed by atoms with E-state index >= 15 is 0 Å². The zero-order valence-corrected chi connectivity index (χ0v) is 40.0. The number of carboxylic acids is 1. The Morgan fingerprint density at radius 2 is 1.55 bits per heavy atom. The van der Waals surface area contributed by atoms with E-state index in [1.807, 2.05) is 24.3 Å². The lowest BCUT2D eigenvalue weighted by Crippen LogP contribution is -2.60. The number of carbonyl (C=O) groups excluding carboxylic acids is 7. The van der Waals surface area contributed by atoms with Crippen molar-refractivity contribution >= 4 is 64.2 Å². The van der Waals surface area contributed by atoms with Gasteiger partial charge in [-0.3, -0.25) is 49.1 Å². The number of carbonyl (C=O) groups is 8. The number of hydrogen-bond donors (Lipinski definition) is 13. The van der Waals surface area contributed by atoms with Crippen LogP contribution in [0.1, 0.15) is 82.3 Å². The van der Waals surface area contributed by atoms with Crippen LogP contribution in [0, 0.1) is 11.3 Å². The molecule has 1 aromatic heterocycles. The van der Waals surface area contributed by atoms with Gasteiger partial charge >= 0.3 is 5.97 Å². The molecule has 1 unspecified atom stereocenters. The van der Waals surface area contributed by atoms with E-state index in [-0.39, 0.29) is 76.5 Å². The Hall–Kier alpha value is -7.07. The zero-order chi connectivity index (χ0) is 51.0. The molecule has 3 aromatic rings. The van der Waals surface area contributed by atoms with Crippen molar-refractivity contribution in [3.05, 3.63) is 71.9 Å². The fourth-order valence-corrected chi connectivity index (χ4v) is 9.69. The van der Waals surface area contributed by atoms with Gasteiger partial charge in [0.25, 0.3) is 0 Å². The highest BCUT2D eigenvalue weighted by molar-refractivity contribution is 5.98. The van der Waals surface area contributed by atoms with Crippen molar-refractivity contribution in [2.75, 3.05) is 26.2 Å². The van der Waals surface area contributed by atoms with E-state index in [0.29, 0.717) is 43.2 Å². The molecule has 1 aliphatic carbocycles. The zero-order valence-electron chi connectivity index (χ0n) is 40.0. The van der Waals surface area contributed by atoms with E-state index in [9.17, 15) is 48.6 Å². The molecule has 2 saturated heterocycles. The largest absolute Gasteiger partial charge is 0.480 e. The van der Waals surface area contributed by atoms with Gasteiger partial charge in [-0.25, -0.2) is 0 Å². The minimum Gasteiger partial charge on any atom is -0.480 e. The first-order chi connectivity index (χ1) is 34.0. The van der Waals surface area contributed by atoms with Crippen LogP contribution < -0.4 is 48.3 Å². The second kappa shape index (κ2) is 25.7. The van der Waals surface area contributed by atoms with Gasteiger partial charge in [-0.15, -0.1) is 0 Å². The summed E-state index contributed by atoms with van der Waals surface area (Å²) >= 11 is 0. The Balaban J connectivity index is 1.36. The number of aliphatic hydroxyl groups excluding tert-OH is 1. The van der Waals surface area contributed by atoms with Crippen molar-refractivity contribution in [2.45, 2.75) is 132 Å².